The maximum atomic E-state index is 5.63. The van der Waals surface area contributed by atoms with Crippen molar-refractivity contribution in [3.63, 3.8) is 0 Å². The summed E-state index contributed by atoms with van der Waals surface area (Å²) in [5.74, 6) is 0. The minimum Gasteiger partial charge on any atom is -0.457 e. The van der Waals surface area contributed by atoms with E-state index in [1.54, 1.807) is 0 Å². The predicted molar refractivity (Wildman–Crippen MR) is 57.0 cm³/mol. The number of hydrogen-bond acceptors (Lipinski definition) is 1. The monoisotopic (exact) mass is 210 g/mol. The highest BCUT2D eigenvalue weighted by molar-refractivity contribution is 6.59. The topological polar surface area (TPSA) is 9.23 Å². The van der Waals surface area contributed by atoms with E-state index in [1.165, 1.54) is 51.4 Å². The maximum absolute atomic E-state index is 5.63. The van der Waals surface area contributed by atoms with Gasteiger partial charge in [0, 0.05) is 0 Å². The molecular weight excluding hydrogens is 192 g/mol. The van der Waals surface area contributed by atoms with Crippen molar-refractivity contribution in [2.24, 2.45) is 0 Å². The first-order valence-corrected chi connectivity index (χ1v) is 7.59. The summed E-state index contributed by atoms with van der Waals surface area (Å²) < 4.78 is 5.63. The van der Waals surface area contributed by atoms with E-state index in [0.29, 0.717) is 0 Å². The Morgan fingerprint density at radius 3 is 1.54 bits per heavy atom. The summed E-state index contributed by atoms with van der Waals surface area (Å²) in [6.45, 7) is 0. The second-order valence-corrected chi connectivity index (χ2v) is 7.72. The van der Waals surface area contributed by atoms with Gasteiger partial charge in [0.15, 0.2) is 0 Å². The third-order valence-electron chi connectivity index (χ3n) is 3.63. The molecule has 0 aromatic heterocycles. The summed E-state index contributed by atoms with van der Waals surface area (Å²) in [4.78, 5) is 0. The molecule has 2 rings (SSSR count). The molecule has 13 heavy (non-hydrogen) atoms. The van der Waals surface area contributed by atoms with Gasteiger partial charge in [0.25, 0.3) is 0 Å². The van der Waals surface area contributed by atoms with E-state index in [1.807, 2.05) is 0 Å². The van der Waals surface area contributed by atoms with Crippen molar-refractivity contribution < 1.29 is 4.12 Å². The fourth-order valence-electron chi connectivity index (χ4n) is 2.92. The van der Waals surface area contributed by atoms with Crippen molar-refractivity contribution >= 4 is 19.5 Å². The van der Waals surface area contributed by atoms with Gasteiger partial charge in [0.2, 0.25) is 19.5 Å². The SMILES string of the molecule is [Si]O[Si](C1CCCC1)C1CCCC1. The third-order valence-corrected chi connectivity index (χ3v) is 7.34. The molecule has 0 aromatic carbocycles. The van der Waals surface area contributed by atoms with Crippen LogP contribution in [0.2, 0.25) is 11.1 Å². The van der Waals surface area contributed by atoms with E-state index in [2.05, 4.69) is 10.5 Å². The molecule has 0 bridgehead atoms. The summed E-state index contributed by atoms with van der Waals surface area (Å²) in [6.07, 6.45) is 11.5. The van der Waals surface area contributed by atoms with Crippen molar-refractivity contribution in [2.45, 2.75) is 62.4 Å². The number of hydrogen-bond donors (Lipinski definition) is 0. The summed E-state index contributed by atoms with van der Waals surface area (Å²) in [5, 5.41) is 0. The fraction of sp³-hybridized carbons (Fsp3) is 1.00. The van der Waals surface area contributed by atoms with Crippen molar-refractivity contribution in [1.82, 2.24) is 0 Å². The minimum absolute atomic E-state index is 0.526. The first-order valence-electron chi connectivity index (χ1n) is 5.62. The lowest BCUT2D eigenvalue weighted by molar-refractivity contribution is 0.556. The highest BCUT2D eigenvalue weighted by atomic mass is 28.3. The number of rotatable bonds is 3. The van der Waals surface area contributed by atoms with Gasteiger partial charge in [-0.15, -0.1) is 0 Å². The Bertz CT molecular complexity index is 135. The van der Waals surface area contributed by atoms with Gasteiger partial charge in [-0.05, 0) is 11.1 Å². The summed E-state index contributed by atoms with van der Waals surface area (Å²) in [6, 6.07) is 0. The largest absolute Gasteiger partial charge is 0.457 e. The average molecular weight is 210 g/mol. The lowest BCUT2D eigenvalue weighted by atomic mass is 10.3. The smallest absolute Gasteiger partial charge is 0.229 e. The Morgan fingerprint density at radius 1 is 0.846 bits per heavy atom. The summed E-state index contributed by atoms with van der Waals surface area (Å²) >= 11 is 0. The van der Waals surface area contributed by atoms with Crippen molar-refractivity contribution in [1.29, 1.82) is 0 Å². The molecule has 0 unspecified atom stereocenters. The first-order chi connectivity index (χ1) is 6.42. The van der Waals surface area contributed by atoms with Gasteiger partial charge in [-0.1, -0.05) is 51.4 Å². The molecule has 72 valence electrons. The molecule has 2 aliphatic carbocycles. The summed E-state index contributed by atoms with van der Waals surface area (Å²) in [7, 11) is 2.80. The molecule has 0 spiro atoms. The molecule has 0 amide bonds. The second-order valence-electron chi connectivity index (χ2n) is 4.47. The lowest BCUT2D eigenvalue weighted by Crippen LogP contribution is -2.27. The van der Waals surface area contributed by atoms with Gasteiger partial charge in [-0.3, -0.25) is 0 Å². The van der Waals surface area contributed by atoms with Crippen LogP contribution in [0.25, 0.3) is 0 Å². The van der Waals surface area contributed by atoms with E-state index < -0.39 is 9.04 Å². The Balaban J connectivity index is 1.90. The van der Waals surface area contributed by atoms with E-state index >= 15 is 0 Å². The van der Waals surface area contributed by atoms with Crippen LogP contribution < -0.4 is 0 Å². The van der Waals surface area contributed by atoms with Crippen LogP contribution in [0.5, 0.6) is 0 Å². The molecule has 0 heterocycles. The van der Waals surface area contributed by atoms with Crippen LogP contribution in [0.4, 0.5) is 0 Å². The second kappa shape index (κ2) is 4.76. The Labute approximate surface area is 86.5 Å². The van der Waals surface area contributed by atoms with E-state index in [9.17, 15) is 0 Å². The minimum atomic E-state index is -0.526. The normalized spacial score (nSPS) is 26.3. The molecule has 2 saturated carbocycles. The van der Waals surface area contributed by atoms with Crippen LogP contribution in [-0.2, 0) is 4.12 Å². The van der Waals surface area contributed by atoms with Gasteiger partial charge in [-0.2, -0.15) is 0 Å². The van der Waals surface area contributed by atoms with Crippen LogP contribution in [0.15, 0.2) is 0 Å². The van der Waals surface area contributed by atoms with E-state index in [0.717, 1.165) is 11.1 Å². The molecule has 0 aromatic rings. The molecule has 1 nitrogen and oxygen atoms in total. The van der Waals surface area contributed by atoms with Crippen molar-refractivity contribution in [2.75, 3.05) is 0 Å². The Hall–Kier alpha value is 0.394. The predicted octanol–water partition coefficient (Wildman–Crippen LogP) is 2.97. The molecule has 0 aliphatic heterocycles. The van der Waals surface area contributed by atoms with Crippen molar-refractivity contribution in [3.05, 3.63) is 0 Å². The molecule has 2 aliphatic rings. The Kier molecular flexibility index (Phi) is 3.63. The highest BCUT2D eigenvalue weighted by Crippen LogP contribution is 2.43. The van der Waals surface area contributed by atoms with Gasteiger partial charge >= 0.3 is 0 Å². The first kappa shape index (κ1) is 9.93. The fourth-order valence-corrected chi connectivity index (χ4v) is 6.88. The molecule has 2 fully saturated rings. The van der Waals surface area contributed by atoms with Gasteiger partial charge in [0.05, 0.1) is 0 Å². The van der Waals surface area contributed by atoms with Crippen LogP contribution in [0.1, 0.15) is 51.4 Å². The zero-order valence-corrected chi connectivity index (χ0v) is 10.2. The van der Waals surface area contributed by atoms with Gasteiger partial charge < -0.3 is 4.12 Å². The Morgan fingerprint density at radius 2 is 1.23 bits per heavy atom. The average Bonchev–Trinajstić information content (AvgIpc) is 2.76. The molecule has 0 N–H and O–H groups in total. The molecule has 0 atom stereocenters. The molecule has 4 radical (unpaired) electrons. The standard InChI is InChI=1S/C10H18OSi2/c12-11-13(9-5-1-2-6-9)10-7-3-4-8-10/h9-10H,1-8H2. The van der Waals surface area contributed by atoms with Crippen molar-refractivity contribution in [3.8, 4) is 0 Å². The van der Waals surface area contributed by atoms with E-state index in [-0.39, 0.29) is 0 Å². The van der Waals surface area contributed by atoms with E-state index in [4.69, 9.17) is 4.12 Å². The van der Waals surface area contributed by atoms with Gasteiger partial charge in [-0.25, -0.2) is 0 Å². The lowest BCUT2D eigenvalue weighted by Gasteiger charge is -2.24. The molecule has 0 saturated heterocycles. The van der Waals surface area contributed by atoms with Crippen LogP contribution in [0, 0.1) is 0 Å². The summed E-state index contributed by atoms with van der Waals surface area (Å²) in [5.41, 5.74) is 1.90. The van der Waals surface area contributed by atoms with Crippen LogP contribution in [-0.4, -0.2) is 19.5 Å². The highest BCUT2D eigenvalue weighted by Gasteiger charge is 2.35. The quantitative estimate of drug-likeness (QED) is 0.651. The maximum Gasteiger partial charge on any atom is 0.229 e. The van der Waals surface area contributed by atoms with Crippen LogP contribution >= 0.6 is 0 Å². The molecular formula is C10H18OSi2. The molecule has 3 heteroatoms. The van der Waals surface area contributed by atoms with Gasteiger partial charge in [0.1, 0.15) is 0 Å². The zero-order chi connectivity index (χ0) is 9.10. The zero-order valence-electron chi connectivity index (χ0n) is 8.22. The van der Waals surface area contributed by atoms with Crippen LogP contribution in [0.3, 0.4) is 0 Å². The third kappa shape index (κ3) is 2.25.